The summed E-state index contributed by atoms with van der Waals surface area (Å²) in [5, 5.41) is 7.45. The van der Waals surface area contributed by atoms with Gasteiger partial charge in [-0.2, -0.15) is 4.98 Å². The van der Waals surface area contributed by atoms with Gasteiger partial charge in [-0.3, -0.25) is 0 Å². The molecular weight excluding hydrogens is 226 g/mol. The lowest BCUT2D eigenvalue weighted by Gasteiger charge is -2.15. The molecule has 0 amide bonds. The Kier molecular flexibility index (Phi) is 2.67. The Bertz CT molecular complexity index is 556. The molecule has 4 nitrogen and oxygen atoms in total. The van der Waals surface area contributed by atoms with E-state index in [0.717, 1.165) is 31.0 Å². The summed E-state index contributed by atoms with van der Waals surface area (Å²) in [4.78, 5) is 4.56. The third-order valence-corrected chi connectivity index (χ3v) is 3.59. The second-order valence-electron chi connectivity index (χ2n) is 5.28. The zero-order valence-corrected chi connectivity index (χ0v) is 10.7. The molecule has 1 fully saturated rings. The fraction of sp³-hybridized carbons (Fsp3) is 0.429. The maximum Gasteiger partial charge on any atom is 0.234 e. The van der Waals surface area contributed by atoms with Crippen molar-refractivity contribution in [1.82, 2.24) is 15.5 Å². The molecule has 3 rings (SSSR count). The molecule has 2 aromatic rings. The van der Waals surface area contributed by atoms with E-state index in [0.29, 0.717) is 5.82 Å². The van der Waals surface area contributed by atoms with E-state index in [-0.39, 0.29) is 5.41 Å². The summed E-state index contributed by atoms with van der Waals surface area (Å²) < 4.78 is 5.44. The van der Waals surface area contributed by atoms with Crippen molar-refractivity contribution in [3.05, 3.63) is 35.7 Å². The van der Waals surface area contributed by atoms with E-state index in [1.54, 1.807) is 0 Å². The van der Waals surface area contributed by atoms with Crippen LogP contribution in [0.2, 0.25) is 0 Å². The van der Waals surface area contributed by atoms with Gasteiger partial charge in [0.2, 0.25) is 11.7 Å². The maximum absolute atomic E-state index is 5.44. The summed E-state index contributed by atoms with van der Waals surface area (Å²) in [5.41, 5.74) is 2.20. The number of hydrogen-bond donors (Lipinski definition) is 1. The van der Waals surface area contributed by atoms with Crippen molar-refractivity contribution in [2.75, 3.05) is 13.1 Å². The smallest absolute Gasteiger partial charge is 0.234 e. The molecule has 0 spiro atoms. The van der Waals surface area contributed by atoms with Gasteiger partial charge in [0.25, 0.3) is 0 Å². The molecule has 1 aliphatic rings. The van der Waals surface area contributed by atoms with Crippen LogP contribution in [-0.2, 0) is 5.41 Å². The van der Waals surface area contributed by atoms with Crippen molar-refractivity contribution in [3.8, 4) is 11.4 Å². The minimum Gasteiger partial charge on any atom is -0.338 e. The van der Waals surface area contributed by atoms with Crippen molar-refractivity contribution in [1.29, 1.82) is 0 Å². The Morgan fingerprint density at radius 1 is 1.39 bits per heavy atom. The van der Waals surface area contributed by atoms with E-state index in [4.69, 9.17) is 4.52 Å². The fourth-order valence-electron chi connectivity index (χ4n) is 2.37. The molecule has 1 saturated heterocycles. The Morgan fingerprint density at radius 3 is 3.00 bits per heavy atom. The lowest BCUT2D eigenvalue weighted by Crippen LogP contribution is -2.25. The van der Waals surface area contributed by atoms with Gasteiger partial charge >= 0.3 is 0 Å². The number of nitrogens with one attached hydrogen (secondary N) is 1. The molecule has 1 aromatic heterocycles. The average molecular weight is 243 g/mol. The van der Waals surface area contributed by atoms with Crippen LogP contribution in [0.1, 0.15) is 24.8 Å². The highest BCUT2D eigenvalue weighted by Crippen LogP contribution is 2.30. The summed E-state index contributed by atoms with van der Waals surface area (Å²) in [6.07, 6.45) is 1.04. The SMILES string of the molecule is Cc1cccc(-c2noc(C3(C)CCNC3)n2)c1. The standard InChI is InChI=1S/C14H17N3O/c1-10-4-3-5-11(8-10)12-16-13(18-17-12)14(2)6-7-15-9-14/h3-5,8,15H,6-7,9H2,1-2H3. The molecule has 0 radical (unpaired) electrons. The number of benzene rings is 1. The molecule has 1 aromatic carbocycles. The molecule has 1 unspecified atom stereocenters. The second kappa shape index (κ2) is 4.21. The van der Waals surface area contributed by atoms with Gasteiger partial charge in [-0.05, 0) is 32.9 Å². The summed E-state index contributed by atoms with van der Waals surface area (Å²) in [5.74, 6) is 1.42. The van der Waals surface area contributed by atoms with Gasteiger partial charge in [0, 0.05) is 12.1 Å². The number of aromatic nitrogens is 2. The molecule has 1 atom stereocenters. The van der Waals surface area contributed by atoms with Crippen LogP contribution in [0.25, 0.3) is 11.4 Å². The minimum atomic E-state index is -0.0188. The predicted molar refractivity (Wildman–Crippen MR) is 69.3 cm³/mol. The zero-order valence-electron chi connectivity index (χ0n) is 10.7. The van der Waals surface area contributed by atoms with E-state index in [2.05, 4.69) is 41.4 Å². The number of rotatable bonds is 2. The zero-order chi connectivity index (χ0) is 12.6. The summed E-state index contributed by atoms with van der Waals surface area (Å²) >= 11 is 0. The van der Waals surface area contributed by atoms with Crippen LogP contribution in [0.3, 0.4) is 0 Å². The van der Waals surface area contributed by atoms with Crippen molar-refractivity contribution >= 4 is 0 Å². The maximum atomic E-state index is 5.44. The molecule has 94 valence electrons. The molecule has 18 heavy (non-hydrogen) atoms. The van der Waals surface area contributed by atoms with Gasteiger partial charge in [-0.1, -0.05) is 28.9 Å². The Hall–Kier alpha value is -1.68. The van der Waals surface area contributed by atoms with Gasteiger partial charge in [0.15, 0.2) is 0 Å². The van der Waals surface area contributed by atoms with Gasteiger partial charge in [0.1, 0.15) is 0 Å². The molecular formula is C14H17N3O. The van der Waals surface area contributed by atoms with Crippen LogP contribution >= 0.6 is 0 Å². The van der Waals surface area contributed by atoms with Crippen molar-refractivity contribution in [2.45, 2.75) is 25.7 Å². The number of aryl methyl sites for hydroxylation is 1. The molecule has 2 heterocycles. The average Bonchev–Trinajstić information content (AvgIpc) is 2.98. The van der Waals surface area contributed by atoms with Crippen LogP contribution in [0.4, 0.5) is 0 Å². The molecule has 1 N–H and O–H groups in total. The van der Waals surface area contributed by atoms with E-state index >= 15 is 0 Å². The van der Waals surface area contributed by atoms with Gasteiger partial charge in [0.05, 0.1) is 5.41 Å². The first-order valence-electron chi connectivity index (χ1n) is 6.29. The normalized spacial score (nSPS) is 23.4. The third-order valence-electron chi connectivity index (χ3n) is 3.59. The molecule has 0 aliphatic carbocycles. The topological polar surface area (TPSA) is 51.0 Å². The predicted octanol–water partition coefficient (Wildman–Crippen LogP) is 2.30. The van der Waals surface area contributed by atoms with Crippen LogP contribution in [0, 0.1) is 6.92 Å². The summed E-state index contributed by atoms with van der Waals surface area (Å²) in [6.45, 7) is 6.15. The molecule has 0 saturated carbocycles. The highest BCUT2D eigenvalue weighted by atomic mass is 16.5. The van der Waals surface area contributed by atoms with Gasteiger partial charge in [-0.25, -0.2) is 0 Å². The molecule has 1 aliphatic heterocycles. The van der Waals surface area contributed by atoms with Crippen LogP contribution < -0.4 is 5.32 Å². The highest BCUT2D eigenvalue weighted by Gasteiger charge is 2.36. The third kappa shape index (κ3) is 1.93. The lowest BCUT2D eigenvalue weighted by molar-refractivity contribution is 0.306. The molecule has 4 heteroatoms. The van der Waals surface area contributed by atoms with Crippen molar-refractivity contribution in [3.63, 3.8) is 0 Å². The first-order valence-corrected chi connectivity index (χ1v) is 6.29. The van der Waals surface area contributed by atoms with E-state index in [9.17, 15) is 0 Å². The summed E-state index contributed by atoms with van der Waals surface area (Å²) in [6, 6.07) is 8.16. The van der Waals surface area contributed by atoms with Gasteiger partial charge < -0.3 is 9.84 Å². The largest absolute Gasteiger partial charge is 0.338 e. The Morgan fingerprint density at radius 2 is 2.28 bits per heavy atom. The van der Waals surface area contributed by atoms with Crippen LogP contribution in [-0.4, -0.2) is 23.2 Å². The monoisotopic (exact) mass is 243 g/mol. The summed E-state index contributed by atoms with van der Waals surface area (Å²) in [7, 11) is 0. The first kappa shape index (κ1) is 11.4. The fourth-order valence-corrected chi connectivity index (χ4v) is 2.37. The van der Waals surface area contributed by atoms with E-state index in [1.165, 1.54) is 5.56 Å². The second-order valence-corrected chi connectivity index (χ2v) is 5.28. The van der Waals surface area contributed by atoms with Gasteiger partial charge in [-0.15, -0.1) is 0 Å². The van der Waals surface area contributed by atoms with Crippen molar-refractivity contribution < 1.29 is 4.52 Å². The lowest BCUT2D eigenvalue weighted by atomic mass is 9.90. The van der Waals surface area contributed by atoms with E-state index in [1.807, 2.05) is 12.1 Å². The first-order chi connectivity index (χ1) is 8.67. The number of hydrogen-bond acceptors (Lipinski definition) is 4. The quantitative estimate of drug-likeness (QED) is 0.879. The van der Waals surface area contributed by atoms with Crippen molar-refractivity contribution in [2.24, 2.45) is 0 Å². The highest BCUT2D eigenvalue weighted by molar-refractivity contribution is 5.55. The Labute approximate surface area is 106 Å². The van der Waals surface area contributed by atoms with Crippen LogP contribution in [0.15, 0.2) is 28.8 Å². The Balaban J connectivity index is 1.94. The number of nitrogens with zero attached hydrogens (tertiary/aromatic N) is 2. The molecule has 0 bridgehead atoms. The van der Waals surface area contributed by atoms with E-state index < -0.39 is 0 Å². The van der Waals surface area contributed by atoms with Crippen LogP contribution in [0.5, 0.6) is 0 Å². The minimum absolute atomic E-state index is 0.0188.